The molecule has 0 spiro atoms. The van der Waals surface area contributed by atoms with Gasteiger partial charge in [-0.3, -0.25) is 19.3 Å². The molecule has 1 aliphatic heterocycles. The largest absolute Gasteiger partial charge is 0.340 e. The topological polar surface area (TPSA) is 70.6 Å². The van der Waals surface area contributed by atoms with Gasteiger partial charge >= 0.3 is 0 Å². The average Bonchev–Trinajstić information content (AvgIpc) is 3.30. The smallest absolute Gasteiger partial charge is 0.241 e. The molecule has 7 heteroatoms. The van der Waals surface area contributed by atoms with Crippen LogP contribution in [0.4, 0.5) is 0 Å². The number of hydrogen-bond donors (Lipinski definition) is 0. The van der Waals surface area contributed by atoms with Crippen LogP contribution in [0.2, 0.25) is 0 Å². The number of hydrogen-bond acceptors (Lipinski definition) is 5. The van der Waals surface area contributed by atoms with Gasteiger partial charge in [-0.15, -0.1) is 11.3 Å². The summed E-state index contributed by atoms with van der Waals surface area (Å²) in [7, 11) is 1.71. The van der Waals surface area contributed by atoms with E-state index < -0.39 is 5.41 Å². The van der Waals surface area contributed by atoms with Crippen molar-refractivity contribution in [3.8, 4) is 0 Å². The first kappa shape index (κ1) is 22.9. The van der Waals surface area contributed by atoms with Crippen LogP contribution < -0.4 is 0 Å². The predicted molar refractivity (Wildman–Crippen MR) is 127 cm³/mol. The van der Waals surface area contributed by atoms with Gasteiger partial charge in [0, 0.05) is 25.3 Å². The number of aromatic nitrogens is 1. The van der Waals surface area contributed by atoms with Gasteiger partial charge < -0.3 is 4.90 Å². The van der Waals surface area contributed by atoms with E-state index in [9.17, 15) is 14.4 Å². The van der Waals surface area contributed by atoms with Crippen molar-refractivity contribution in [2.24, 2.45) is 0 Å². The summed E-state index contributed by atoms with van der Waals surface area (Å²) in [4.78, 5) is 47.6. The molecular weight excluding hydrogens is 434 g/mol. The van der Waals surface area contributed by atoms with Crippen LogP contribution in [-0.4, -0.2) is 39.6 Å². The van der Waals surface area contributed by atoms with Crippen molar-refractivity contribution in [1.82, 2.24) is 14.8 Å². The second-order valence-corrected chi connectivity index (χ2v) is 9.69. The number of benzene rings is 2. The van der Waals surface area contributed by atoms with Crippen molar-refractivity contribution in [2.45, 2.75) is 45.2 Å². The second kappa shape index (κ2) is 9.27. The van der Waals surface area contributed by atoms with Crippen LogP contribution in [0, 0.1) is 13.8 Å². The van der Waals surface area contributed by atoms with Gasteiger partial charge in [-0.2, -0.15) is 0 Å². The zero-order valence-corrected chi connectivity index (χ0v) is 19.9. The summed E-state index contributed by atoms with van der Waals surface area (Å²) in [5, 5.41) is 2.87. The highest BCUT2D eigenvalue weighted by atomic mass is 32.1. The molecule has 6 nitrogen and oxygen atoms in total. The molecule has 0 N–H and O–H groups in total. The van der Waals surface area contributed by atoms with Crippen LogP contribution in [0.5, 0.6) is 0 Å². The zero-order valence-electron chi connectivity index (χ0n) is 19.1. The molecule has 0 radical (unpaired) electrons. The third kappa shape index (κ3) is 4.59. The van der Waals surface area contributed by atoms with Gasteiger partial charge in [-0.1, -0.05) is 54.6 Å². The lowest BCUT2D eigenvalue weighted by Gasteiger charge is -2.30. The Morgan fingerprint density at radius 1 is 1.09 bits per heavy atom. The number of amides is 3. The molecule has 0 saturated carbocycles. The van der Waals surface area contributed by atoms with Crippen LogP contribution in [0.15, 0.2) is 60.0 Å². The van der Waals surface area contributed by atoms with Gasteiger partial charge in [0.2, 0.25) is 17.7 Å². The number of nitrogens with zero attached hydrogens (tertiary/aromatic N) is 3. The Labute approximate surface area is 197 Å². The first-order chi connectivity index (χ1) is 15.8. The number of thiazole rings is 1. The van der Waals surface area contributed by atoms with Crippen LogP contribution in [0.3, 0.4) is 0 Å². The van der Waals surface area contributed by atoms with Crippen LogP contribution in [0.1, 0.15) is 40.2 Å². The van der Waals surface area contributed by atoms with Crippen LogP contribution >= 0.6 is 11.3 Å². The molecule has 3 aromatic rings. The maximum absolute atomic E-state index is 13.8. The van der Waals surface area contributed by atoms with Crippen molar-refractivity contribution in [3.63, 3.8) is 0 Å². The maximum Gasteiger partial charge on any atom is 0.241 e. The van der Waals surface area contributed by atoms with Gasteiger partial charge in [-0.25, -0.2) is 4.98 Å². The summed E-state index contributed by atoms with van der Waals surface area (Å²) in [5.74, 6) is -0.749. The Bertz CT molecular complexity index is 1190. The van der Waals surface area contributed by atoms with Crippen LogP contribution in [-0.2, 0) is 32.9 Å². The van der Waals surface area contributed by atoms with Crippen molar-refractivity contribution >= 4 is 29.1 Å². The fourth-order valence-corrected chi connectivity index (χ4v) is 5.09. The molecule has 1 aromatic heterocycles. The van der Waals surface area contributed by atoms with E-state index in [1.54, 1.807) is 11.9 Å². The highest BCUT2D eigenvalue weighted by molar-refractivity contribution is 7.09. The molecule has 1 atom stereocenters. The molecule has 0 unspecified atom stereocenters. The van der Waals surface area contributed by atoms with Crippen LogP contribution in [0.25, 0.3) is 0 Å². The second-order valence-electron chi connectivity index (χ2n) is 8.63. The maximum atomic E-state index is 13.8. The van der Waals surface area contributed by atoms with Gasteiger partial charge in [0.25, 0.3) is 0 Å². The highest BCUT2D eigenvalue weighted by Gasteiger charge is 2.54. The van der Waals surface area contributed by atoms with E-state index in [-0.39, 0.29) is 37.1 Å². The summed E-state index contributed by atoms with van der Waals surface area (Å²) >= 11 is 1.54. The van der Waals surface area contributed by atoms with E-state index in [0.29, 0.717) is 6.54 Å². The lowest BCUT2D eigenvalue weighted by molar-refractivity contribution is -0.143. The summed E-state index contributed by atoms with van der Waals surface area (Å²) in [6.07, 6.45) is -0.0771. The fraction of sp³-hybridized carbons (Fsp3) is 0.308. The molecule has 1 aliphatic rings. The zero-order chi connectivity index (χ0) is 23.6. The first-order valence-corrected chi connectivity index (χ1v) is 11.8. The van der Waals surface area contributed by atoms with E-state index in [1.807, 2.05) is 73.8 Å². The van der Waals surface area contributed by atoms with E-state index in [2.05, 4.69) is 4.98 Å². The first-order valence-electron chi connectivity index (χ1n) is 10.9. The molecule has 3 amide bonds. The normalized spacial score (nSPS) is 18.1. The number of aryl methyl sites for hydroxylation is 2. The summed E-state index contributed by atoms with van der Waals surface area (Å²) < 4.78 is 0. The van der Waals surface area contributed by atoms with E-state index in [4.69, 9.17) is 0 Å². The summed E-state index contributed by atoms with van der Waals surface area (Å²) in [5.41, 5.74) is 2.12. The Morgan fingerprint density at radius 3 is 2.45 bits per heavy atom. The minimum absolute atomic E-state index is 0.0150. The molecule has 4 rings (SSSR count). The van der Waals surface area contributed by atoms with Crippen molar-refractivity contribution in [2.75, 3.05) is 7.05 Å². The average molecular weight is 462 g/mol. The summed E-state index contributed by atoms with van der Waals surface area (Å²) in [6.45, 7) is 4.41. The molecule has 1 fully saturated rings. The molecule has 2 heterocycles. The summed E-state index contributed by atoms with van der Waals surface area (Å²) in [6, 6.07) is 17.0. The lowest BCUT2D eigenvalue weighted by Crippen LogP contribution is -2.42. The Morgan fingerprint density at radius 2 is 1.79 bits per heavy atom. The van der Waals surface area contributed by atoms with E-state index >= 15 is 0 Å². The van der Waals surface area contributed by atoms with Gasteiger partial charge in [0.1, 0.15) is 0 Å². The van der Waals surface area contributed by atoms with Crippen molar-refractivity contribution < 1.29 is 14.4 Å². The quantitative estimate of drug-likeness (QED) is 0.499. The molecule has 0 aliphatic carbocycles. The number of imide groups is 1. The highest BCUT2D eigenvalue weighted by Crippen LogP contribution is 2.42. The molecule has 2 aromatic carbocycles. The monoisotopic (exact) mass is 461 g/mol. The van der Waals surface area contributed by atoms with Gasteiger partial charge in [-0.05, 0) is 30.5 Å². The van der Waals surface area contributed by atoms with E-state index in [1.165, 1.54) is 16.2 Å². The molecule has 170 valence electrons. The van der Waals surface area contributed by atoms with Crippen molar-refractivity contribution in [3.05, 3.63) is 87.4 Å². The third-order valence-electron chi connectivity index (χ3n) is 6.20. The Hall–Kier alpha value is -3.32. The third-order valence-corrected chi connectivity index (χ3v) is 7.02. The standard InChI is InChI=1S/C26H27N3O3S/c1-18-9-7-8-12-22(18)26(13-23(30)28(3)16-21-17-33-19(2)27-21)14-24(31)29(25(26)32)15-20-10-5-4-6-11-20/h4-12,17H,13-16H2,1-3H3/t26-/m0/s1. The van der Waals surface area contributed by atoms with E-state index in [0.717, 1.165) is 27.4 Å². The SMILES string of the molecule is Cc1nc(CN(C)C(=O)C[C@@]2(c3ccccc3C)CC(=O)N(Cc3ccccc3)C2=O)cs1. The minimum atomic E-state index is -1.21. The number of carbonyl (C=O) groups is 3. The molecule has 33 heavy (non-hydrogen) atoms. The van der Waals surface area contributed by atoms with Gasteiger partial charge in [0.15, 0.2) is 0 Å². The molecular formula is C26H27N3O3S. The minimum Gasteiger partial charge on any atom is -0.340 e. The van der Waals surface area contributed by atoms with Crippen molar-refractivity contribution in [1.29, 1.82) is 0 Å². The Kier molecular flexibility index (Phi) is 6.42. The van der Waals surface area contributed by atoms with Gasteiger partial charge in [0.05, 0.1) is 29.2 Å². The number of likely N-dealkylation sites (tertiary alicyclic amines) is 1. The number of rotatable bonds is 7. The Balaban J connectivity index is 1.65. The fourth-order valence-electron chi connectivity index (χ4n) is 4.49. The number of carbonyl (C=O) groups excluding carboxylic acids is 3. The molecule has 1 saturated heterocycles. The molecule has 0 bridgehead atoms. The lowest BCUT2D eigenvalue weighted by atomic mass is 9.74. The predicted octanol–water partition coefficient (Wildman–Crippen LogP) is 4.01.